The van der Waals surface area contributed by atoms with Crippen molar-refractivity contribution in [1.29, 1.82) is 0 Å². The molecule has 0 aliphatic carbocycles. The number of carbonyl (C=O) groups excluding carboxylic acids is 1. The summed E-state index contributed by atoms with van der Waals surface area (Å²) in [6, 6.07) is 16.2. The lowest BCUT2D eigenvalue weighted by molar-refractivity contribution is -0.892. The molecule has 0 saturated carbocycles. The third kappa shape index (κ3) is 3.55. The van der Waals surface area contributed by atoms with Crippen molar-refractivity contribution >= 4 is 22.4 Å². The molecule has 1 aliphatic heterocycles. The molecule has 2 aromatic carbocycles. The van der Waals surface area contributed by atoms with E-state index in [9.17, 15) is 4.79 Å². The van der Waals surface area contributed by atoms with Crippen LogP contribution < -0.4 is 14.5 Å². The molecule has 5 nitrogen and oxygen atoms in total. The second-order valence-corrected chi connectivity index (χ2v) is 7.21. The van der Waals surface area contributed by atoms with Crippen LogP contribution in [0.15, 0.2) is 48.5 Å². The number of aromatic amines is 1. The number of quaternary nitrogens is 1. The second-order valence-electron chi connectivity index (χ2n) is 7.21. The van der Waals surface area contributed by atoms with E-state index in [-0.39, 0.29) is 5.78 Å². The van der Waals surface area contributed by atoms with Gasteiger partial charge in [-0.3, -0.25) is 4.79 Å². The predicted octanol–water partition coefficient (Wildman–Crippen LogP) is 2.07. The largest absolute Gasteiger partial charge is 0.497 e. The first-order chi connectivity index (χ1) is 13.2. The van der Waals surface area contributed by atoms with Crippen molar-refractivity contribution in [3.05, 3.63) is 59.8 Å². The Labute approximate surface area is 159 Å². The van der Waals surface area contributed by atoms with Crippen LogP contribution in [-0.2, 0) is 0 Å². The third-order valence-corrected chi connectivity index (χ3v) is 5.47. The van der Waals surface area contributed by atoms with E-state index in [0.717, 1.165) is 54.1 Å². The summed E-state index contributed by atoms with van der Waals surface area (Å²) in [4.78, 5) is 20.0. The van der Waals surface area contributed by atoms with E-state index in [1.165, 1.54) is 10.6 Å². The first-order valence-electron chi connectivity index (χ1n) is 9.49. The van der Waals surface area contributed by atoms with Gasteiger partial charge in [-0.05, 0) is 25.1 Å². The molecule has 3 aromatic rings. The van der Waals surface area contributed by atoms with Gasteiger partial charge in [0.15, 0.2) is 0 Å². The maximum atomic E-state index is 13.0. The molecule has 1 aliphatic rings. The molecule has 0 unspecified atom stereocenters. The Morgan fingerprint density at radius 2 is 1.93 bits per heavy atom. The van der Waals surface area contributed by atoms with Crippen molar-refractivity contribution in [2.45, 2.75) is 6.92 Å². The summed E-state index contributed by atoms with van der Waals surface area (Å²) in [5.74, 6) is 1.11. The zero-order chi connectivity index (χ0) is 18.8. The van der Waals surface area contributed by atoms with Crippen LogP contribution in [0.3, 0.4) is 0 Å². The molecule has 1 fully saturated rings. The molecule has 140 valence electrons. The molecular weight excluding hydrogens is 338 g/mol. The first-order valence-corrected chi connectivity index (χ1v) is 9.49. The van der Waals surface area contributed by atoms with Crippen LogP contribution in [0.4, 0.5) is 5.69 Å². The number of anilines is 1. The van der Waals surface area contributed by atoms with E-state index in [1.807, 2.05) is 43.3 Å². The number of ether oxygens (including phenoxy) is 1. The number of para-hydroxylation sites is 1. The third-order valence-electron chi connectivity index (χ3n) is 5.47. The van der Waals surface area contributed by atoms with Gasteiger partial charge in [0, 0.05) is 28.4 Å². The molecule has 0 amide bonds. The van der Waals surface area contributed by atoms with Gasteiger partial charge < -0.3 is 19.5 Å². The predicted molar refractivity (Wildman–Crippen MR) is 108 cm³/mol. The summed E-state index contributed by atoms with van der Waals surface area (Å²) < 4.78 is 5.33. The Bertz CT molecular complexity index is 955. The summed E-state index contributed by atoms with van der Waals surface area (Å²) in [7, 11) is 1.69. The minimum atomic E-state index is 0.231. The van der Waals surface area contributed by atoms with Gasteiger partial charge in [0.05, 0.1) is 38.9 Å². The molecule has 2 heterocycles. The number of carbonyl (C=O) groups is 1. The maximum Gasteiger partial charge on any atom is 0.219 e. The highest BCUT2D eigenvalue weighted by Gasteiger charge is 2.25. The number of Topliss-reactive ketones (excluding diaryl/α,β-unsaturated/α-hetero) is 1. The van der Waals surface area contributed by atoms with Gasteiger partial charge in [-0.1, -0.05) is 24.3 Å². The zero-order valence-electron chi connectivity index (χ0n) is 15.9. The van der Waals surface area contributed by atoms with Gasteiger partial charge in [-0.25, -0.2) is 0 Å². The van der Waals surface area contributed by atoms with Gasteiger partial charge in [-0.2, -0.15) is 0 Å². The number of rotatable bonds is 5. The molecule has 1 saturated heterocycles. The van der Waals surface area contributed by atoms with Gasteiger partial charge in [0.25, 0.3) is 0 Å². The standard InChI is InChI=1S/C22H25N3O2/c1-16-22(19-8-3-4-9-20(19)23-16)21(26)15-24-10-12-25(13-11-24)17-6-5-7-18(14-17)27-2/h3-9,14,23H,10-13,15H2,1-2H3/p+1. The summed E-state index contributed by atoms with van der Waals surface area (Å²) in [6.45, 7) is 6.36. The highest BCUT2D eigenvalue weighted by atomic mass is 16.5. The monoisotopic (exact) mass is 364 g/mol. The Morgan fingerprint density at radius 3 is 2.70 bits per heavy atom. The van der Waals surface area contributed by atoms with Crippen LogP contribution in [0.5, 0.6) is 5.75 Å². The van der Waals surface area contributed by atoms with Gasteiger partial charge in [-0.15, -0.1) is 0 Å². The highest BCUT2D eigenvalue weighted by molar-refractivity contribution is 6.09. The van der Waals surface area contributed by atoms with E-state index in [2.05, 4.69) is 22.0 Å². The zero-order valence-corrected chi connectivity index (χ0v) is 15.9. The average molecular weight is 364 g/mol. The fourth-order valence-corrected chi connectivity index (χ4v) is 4.02. The number of hydrogen-bond acceptors (Lipinski definition) is 3. The fourth-order valence-electron chi connectivity index (χ4n) is 4.02. The number of hydrogen-bond donors (Lipinski definition) is 2. The van der Waals surface area contributed by atoms with Crippen molar-refractivity contribution in [2.24, 2.45) is 0 Å². The molecule has 2 N–H and O–H groups in total. The van der Waals surface area contributed by atoms with E-state index >= 15 is 0 Å². The normalized spacial score (nSPS) is 15.3. The molecule has 1 aromatic heterocycles. The topological polar surface area (TPSA) is 49.8 Å². The number of fused-ring (bicyclic) bond motifs is 1. The molecule has 0 spiro atoms. The number of aryl methyl sites for hydroxylation is 1. The Balaban J connectivity index is 1.41. The van der Waals surface area contributed by atoms with Crippen molar-refractivity contribution in [3.8, 4) is 5.75 Å². The van der Waals surface area contributed by atoms with Gasteiger partial charge in [0.1, 0.15) is 12.3 Å². The number of ketones is 1. The maximum absolute atomic E-state index is 13.0. The molecular formula is C22H26N3O2+. The minimum absolute atomic E-state index is 0.231. The lowest BCUT2D eigenvalue weighted by Crippen LogP contribution is -3.15. The lowest BCUT2D eigenvalue weighted by Gasteiger charge is -2.33. The number of benzene rings is 2. The van der Waals surface area contributed by atoms with E-state index in [1.54, 1.807) is 7.11 Å². The van der Waals surface area contributed by atoms with Crippen molar-refractivity contribution in [1.82, 2.24) is 4.98 Å². The molecule has 27 heavy (non-hydrogen) atoms. The molecule has 5 heteroatoms. The summed E-state index contributed by atoms with van der Waals surface area (Å²) in [6.07, 6.45) is 0. The molecule has 0 atom stereocenters. The summed E-state index contributed by atoms with van der Waals surface area (Å²) in [5.41, 5.74) is 4.05. The van der Waals surface area contributed by atoms with Crippen LogP contribution in [0.25, 0.3) is 10.9 Å². The van der Waals surface area contributed by atoms with Gasteiger partial charge in [0.2, 0.25) is 5.78 Å². The number of aromatic nitrogens is 1. The first kappa shape index (κ1) is 17.6. The number of nitrogens with one attached hydrogen (secondary N) is 2. The average Bonchev–Trinajstić information content (AvgIpc) is 3.04. The number of piperazine rings is 1. The van der Waals surface area contributed by atoms with Crippen LogP contribution in [-0.4, -0.2) is 50.6 Å². The number of methoxy groups -OCH3 is 1. The smallest absolute Gasteiger partial charge is 0.219 e. The van der Waals surface area contributed by atoms with Crippen LogP contribution in [0.1, 0.15) is 16.1 Å². The quantitative estimate of drug-likeness (QED) is 0.682. The lowest BCUT2D eigenvalue weighted by atomic mass is 10.1. The van der Waals surface area contributed by atoms with Crippen LogP contribution in [0, 0.1) is 6.92 Å². The van der Waals surface area contributed by atoms with E-state index < -0.39 is 0 Å². The van der Waals surface area contributed by atoms with Crippen LogP contribution >= 0.6 is 0 Å². The molecule has 4 rings (SSSR count). The van der Waals surface area contributed by atoms with E-state index in [0.29, 0.717) is 6.54 Å². The Morgan fingerprint density at radius 1 is 1.15 bits per heavy atom. The van der Waals surface area contributed by atoms with Crippen LogP contribution in [0.2, 0.25) is 0 Å². The number of nitrogens with zero attached hydrogens (tertiary/aromatic N) is 1. The van der Waals surface area contributed by atoms with Crippen molar-refractivity contribution in [3.63, 3.8) is 0 Å². The number of H-pyrrole nitrogens is 1. The second kappa shape index (κ2) is 7.45. The Hall–Kier alpha value is -2.79. The molecule has 0 radical (unpaired) electrons. The SMILES string of the molecule is COc1cccc(N2CC[NH+](CC(=O)c3c(C)[nH]c4ccccc34)CC2)c1. The molecule has 0 bridgehead atoms. The van der Waals surface area contributed by atoms with Crippen molar-refractivity contribution in [2.75, 3.05) is 44.7 Å². The van der Waals surface area contributed by atoms with Gasteiger partial charge >= 0.3 is 0 Å². The van der Waals surface area contributed by atoms with E-state index in [4.69, 9.17) is 4.74 Å². The fraction of sp³-hybridized carbons (Fsp3) is 0.318. The Kier molecular flexibility index (Phi) is 4.86. The summed E-state index contributed by atoms with van der Waals surface area (Å²) in [5, 5.41) is 1.04. The minimum Gasteiger partial charge on any atom is -0.497 e. The summed E-state index contributed by atoms with van der Waals surface area (Å²) >= 11 is 0. The highest BCUT2D eigenvalue weighted by Crippen LogP contribution is 2.22. The van der Waals surface area contributed by atoms with Crippen molar-refractivity contribution < 1.29 is 14.4 Å².